The summed E-state index contributed by atoms with van der Waals surface area (Å²) in [6.07, 6.45) is 6.16. The lowest BCUT2D eigenvalue weighted by atomic mass is 9.72. The molecular weight excluding hydrogens is 342 g/mol. The van der Waals surface area contributed by atoms with Crippen molar-refractivity contribution in [2.45, 2.75) is 45.3 Å². The Morgan fingerprint density at radius 1 is 1.32 bits per heavy atom. The minimum atomic E-state index is -0.770. The molecule has 1 aromatic heterocycles. The predicted octanol–water partition coefficient (Wildman–Crippen LogP) is 3.45. The molecule has 0 amide bonds. The minimum Gasteiger partial charge on any atom is -0.387 e. The third kappa shape index (κ3) is 2.84. The molecule has 1 heterocycles. The molecule has 22 heavy (non-hydrogen) atoms. The van der Waals surface area contributed by atoms with Gasteiger partial charge in [0.2, 0.25) is 0 Å². The van der Waals surface area contributed by atoms with Gasteiger partial charge in [0.1, 0.15) is 12.7 Å². The largest absolute Gasteiger partial charge is 0.387 e. The Hall–Kier alpha value is -1.20. The molecule has 0 aliphatic heterocycles. The molecule has 2 aromatic rings. The van der Waals surface area contributed by atoms with Crippen LogP contribution in [0, 0.1) is 11.3 Å². The Morgan fingerprint density at radius 3 is 2.68 bits per heavy atom. The van der Waals surface area contributed by atoms with Crippen molar-refractivity contribution in [2.24, 2.45) is 11.3 Å². The van der Waals surface area contributed by atoms with Gasteiger partial charge in [-0.05, 0) is 48.3 Å². The van der Waals surface area contributed by atoms with Crippen LogP contribution in [-0.4, -0.2) is 25.5 Å². The first-order valence-electron chi connectivity index (χ1n) is 7.70. The van der Waals surface area contributed by atoms with Crippen molar-refractivity contribution in [3.8, 4) is 0 Å². The van der Waals surface area contributed by atoms with Crippen LogP contribution in [0.3, 0.4) is 0 Å². The third-order valence-corrected chi connectivity index (χ3v) is 5.76. The Bertz CT molecular complexity index is 624. The summed E-state index contributed by atoms with van der Waals surface area (Å²) in [6.45, 7) is 4.82. The zero-order valence-electron chi connectivity index (χ0n) is 13.0. The van der Waals surface area contributed by atoms with Crippen molar-refractivity contribution in [1.82, 2.24) is 14.8 Å². The fourth-order valence-corrected chi connectivity index (χ4v) is 3.89. The zero-order chi connectivity index (χ0) is 15.8. The smallest absolute Gasteiger partial charge is 0.137 e. The van der Waals surface area contributed by atoms with E-state index in [2.05, 4.69) is 64.1 Å². The number of benzene rings is 1. The van der Waals surface area contributed by atoms with Gasteiger partial charge in [-0.1, -0.05) is 41.9 Å². The van der Waals surface area contributed by atoms with Crippen molar-refractivity contribution < 1.29 is 5.11 Å². The van der Waals surface area contributed by atoms with Crippen LogP contribution in [0.1, 0.15) is 32.3 Å². The van der Waals surface area contributed by atoms with E-state index in [1.807, 2.05) is 0 Å². The highest BCUT2D eigenvalue weighted by Crippen LogP contribution is 2.51. The van der Waals surface area contributed by atoms with Crippen LogP contribution in [0.15, 0.2) is 41.4 Å². The van der Waals surface area contributed by atoms with Gasteiger partial charge in [-0.25, -0.2) is 4.98 Å². The summed E-state index contributed by atoms with van der Waals surface area (Å²) in [7, 11) is 0. The van der Waals surface area contributed by atoms with Gasteiger partial charge in [0.05, 0.1) is 12.1 Å². The van der Waals surface area contributed by atoms with Crippen LogP contribution in [0.5, 0.6) is 0 Å². The molecule has 1 N–H and O–H groups in total. The van der Waals surface area contributed by atoms with E-state index in [4.69, 9.17) is 0 Å². The lowest BCUT2D eigenvalue weighted by Gasteiger charge is -2.40. The Labute approximate surface area is 139 Å². The molecule has 2 atom stereocenters. The molecule has 118 valence electrons. The monoisotopic (exact) mass is 363 g/mol. The summed E-state index contributed by atoms with van der Waals surface area (Å²) in [5.74, 6) is 0.230. The number of aromatic nitrogens is 3. The second-order valence-corrected chi connectivity index (χ2v) is 7.88. The molecule has 2 unspecified atom stereocenters. The zero-order valence-corrected chi connectivity index (χ0v) is 14.6. The molecule has 5 heteroatoms. The number of rotatable bonds is 4. The molecule has 1 aliphatic carbocycles. The van der Waals surface area contributed by atoms with Gasteiger partial charge in [0, 0.05) is 4.47 Å². The van der Waals surface area contributed by atoms with Crippen molar-refractivity contribution in [2.75, 3.05) is 0 Å². The first kappa shape index (κ1) is 15.7. The highest BCUT2D eigenvalue weighted by atomic mass is 79.9. The van der Waals surface area contributed by atoms with Crippen LogP contribution in [-0.2, 0) is 13.0 Å². The first-order valence-corrected chi connectivity index (χ1v) is 8.49. The normalized spacial score (nSPS) is 27.2. The Morgan fingerprint density at radius 2 is 2.05 bits per heavy atom. The molecule has 1 aromatic carbocycles. The maximum absolute atomic E-state index is 11.5. The van der Waals surface area contributed by atoms with Crippen LogP contribution < -0.4 is 0 Å². The van der Waals surface area contributed by atoms with Gasteiger partial charge in [-0.15, -0.1) is 0 Å². The Balaban J connectivity index is 1.84. The number of nitrogens with zero attached hydrogens (tertiary/aromatic N) is 3. The predicted molar refractivity (Wildman–Crippen MR) is 89.3 cm³/mol. The van der Waals surface area contributed by atoms with Crippen LogP contribution in [0.25, 0.3) is 0 Å². The van der Waals surface area contributed by atoms with E-state index in [-0.39, 0.29) is 11.3 Å². The lowest BCUT2D eigenvalue weighted by molar-refractivity contribution is -0.0907. The van der Waals surface area contributed by atoms with Gasteiger partial charge in [-0.3, -0.25) is 4.68 Å². The van der Waals surface area contributed by atoms with E-state index >= 15 is 0 Å². The quantitative estimate of drug-likeness (QED) is 0.904. The summed E-state index contributed by atoms with van der Waals surface area (Å²) in [5.41, 5.74) is 0.371. The molecule has 1 fully saturated rings. The highest BCUT2D eigenvalue weighted by molar-refractivity contribution is 9.10. The number of halogens is 1. The molecule has 1 saturated carbocycles. The standard InChI is InChI=1S/C17H22BrN3O/c1-16(2)8-7-14(9-13-3-5-15(18)6-4-13)17(16,22)10-21-12-19-11-20-21/h3-6,11-12,14,22H,7-10H2,1-2H3. The molecule has 3 rings (SSSR count). The first-order chi connectivity index (χ1) is 10.4. The van der Waals surface area contributed by atoms with E-state index < -0.39 is 5.60 Å². The summed E-state index contributed by atoms with van der Waals surface area (Å²) >= 11 is 3.47. The average Bonchev–Trinajstić information content (AvgIpc) is 3.04. The van der Waals surface area contributed by atoms with Crippen molar-refractivity contribution >= 4 is 15.9 Å². The minimum absolute atomic E-state index is 0.126. The fraction of sp³-hybridized carbons (Fsp3) is 0.529. The lowest BCUT2D eigenvalue weighted by Crippen LogP contribution is -2.49. The molecule has 0 bridgehead atoms. The molecule has 0 spiro atoms. The SMILES string of the molecule is CC1(C)CCC(Cc2ccc(Br)cc2)C1(O)Cn1cncn1. The van der Waals surface area contributed by atoms with Crippen LogP contribution in [0.4, 0.5) is 0 Å². The molecule has 4 nitrogen and oxygen atoms in total. The van der Waals surface area contributed by atoms with E-state index in [1.165, 1.54) is 11.9 Å². The van der Waals surface area contributed by atoms with Gasteiger partial charge in [-0.2, -0.15) is 5.10 Å². The summed E-state index contributed by atoms with van der Waals surface area (Å²) in [4.78, 5) is 4.00. The van der Waals surface area contributed by atoms with Crippen LogP contribution >= 0.6 is 15.9 Å². The summed E-state index contributed by atoms with van der Waals surface area (Å²) < 4.78 is 2.84. The molecule has 0 saturated heterocycles. The average molecular weight is 364 g/mol. The maximum Gasteiger partial charge on any atom is 0.137 e. The second-order valence-electron chi connectivity index (χ2n) is 6.97. The van der Waals surface area contributed by atoms with E-state index in [1.54, 1.807) is 11.0 Å². The molecular formula is C17H22BrN3O. The van der Waals surface area contributed by atoms with Crippen molar-refractivity contribution in [3.05, 3.63) is 47.0 Å². The fourth-order valence-electron chi connectivity index (χ4n) is 3.62. The topological polar surface area (TPSA) is 50.9 Å². The number of hydrogen-bond donors (Lipinski definition) is 1. The summed E-state index contributed by atoms with van der Waals surface area (Å²) in [5, 5.41) is 15.7. The molecule has 1 aliphatic rings. The number of hydrogen-bond acceptors (Lipinski definition) is 3. The van der Waals surface area contributed by atoms with E-state index in [0.717, 1.165) is 23.7 Å². The summed E-state index contributed by atoms with van der Waals surface area (Å²) in [6, 6.07) is 8.38. The van der Waals surface area contributed by atoms with E-state index in [9.17, 15) is 5.11 Å². The number of aliphatic hydroxyl groups is 1. The van der Waals surface area contributed by atoms with Crippen molar-refractivity contribution in [3.63, 3.8) is 0 Å². The maximum atomic E-state index is 11.5. The third-order valence-electron chi connectivity index (χ3n) is 5.23. The van der Waals surface area contributed by atoms with Gasteiger partial charge < -0.3 is 5.11 Å². The molecule has 0 radical (unpaired) electrons. The van der Waals surface area contributed by atoms with Gasteiger partial charge in [0.25, 0.3) is 0 Å². The van der Waals surface area contributed by atoms with Gasteiger partial charge >= 0.3 is 0 Å². The van der Waals surface area contributed by atoms with E-state index in [0.29, 0.717) is 6.54 Å². The van der Waals surface area contributed by atoms with Crippen LogP contribution in [0.2, 0.25) is 0 Å². The second kappa shape index (κ2) is 5.78. The van der Waals surface area contributed by atoms with Gasteiger partial charge in [0.15, 0.2) is 0 Å². The van der Waals surface area contributed by atoms with Crippen molar-refractivity contribution in [1.29, 1.82) is 0 Å². The Kier molecular flexibility index (Phi) is 4.12. The highest BCUT2D eigenvalue weighted by Gasteiger charge is 2.54.